The third-order valence-corrected chi connectivity index (χ3v) is 4.04. The fourth-order valence-corrected chi connectivity index (χ4v) is 2.60. The van der Waals surface area contributed by atoms with Gasteiger partial charge in [0, 0.05) is 0 Å². The molecular formula is C12H8IS3Sb-2. The van der Waals surface area contributed by atoms with Crippen LogP contribution in [-0.2, 0) is 25.3 Å². The Kier molecular flexibility index (Phi) is 8.20. The Hall–Kier alpha value is 0.778. The van der Waals surface area contributed by atoms with Gasteiger partial charge in [-0.2, -0.15) is 9.79 Å². The molecule has 17 heavy (non-hydrogen) atoms. The normalized spacial score (nSPS) is 9.29. The second kappa shape index (κ2) is 8.81. The Balaban J connectivity index is 0.000000686. The Morgan fingerprint density at radius 2 is 1.12 bits per heavy atom. The van der Waals surface area contributed by atoms with E-state index in [-0.39, 0.29) is 0 Å². The van der Waals surface area contributed by atoms with Crippen LogP contribution in [0.25, 0.3) is 0 Å². The van der Waals surface area contributed by atoms with Crippen molar-refractivity contribution in [3.63, 3.8) is 0 Å². The third-order valence-electron chi connectivity index (χ3n) is 1.92. The molecule has 0 aliphatic heterocycles. The monoisotopic (exact) mass is 496 g/mol. The van der Waals surface area contributed by atoms with Crippen molar-refractivity contribution >= 4 is 74.5 Å². The van der Waals surface area contributed by atoms with E-state index >= 15 is 0 Å². The van der Waals surface area contributed by atoms with Crippen LogP contribution in [0.1, 0.15) is 0 Å². The average Bonchev–Trinajstić information content (AvgIpc) is 2.37. The van der Waals surface area contributed by atoms with Gasteiger partial charge in [0.2, 0.25) is 0 Å². The summed E-state index contributed by atoms with van der Waals surface area (Å²) in [5, 5.41) is 0. The molecule has 2 rings (SSSR count). The molecule has 0 nitrogen and oxygen atoms in total. The van der Waals surface area contributed by atoms with Crippen LogP contribution in [0, 0.1) is 0 Å². The molecule has 0 aliphatic rings. The van der Waals surface area contributed by atoms with Crippen LogP contribution in [0.2, 0.25) is 0 Å². The molecule has 0 atom stereocenters. The molecule has 0 amide bonds. The first kappa shape index (κ1) is 15.8. The molecule has 0 fully saturated rings. The van der Waals surface area contributed by atoms with E-state index in [2.05, 4.69) is 18.5 Å². The van der Waals surface area contributed by atoms with E-state index in [0.29, 0.717) is 0 Å². The van der Waals surface area contributed by atoms with Crippen molar-refractivity contribution in [2.24, 2.45) is 0 Å². The van der Waals surface area contributed by atoms with Gasteiger partial charge in [-0.3, -0.25) is 0 Å². The van der Waals surface area contributed by atoms with Crippen molar-refractivity contribution in [1.82, 2.24) is 0 Å². The first-order chi connectivity index (χ1) is 8.27. The van der Waals surface area contributed by atoms with Gasteiger partial charge in [-0.1, -0.05) is 48.2 Å². The van der Waals surface area contributed by atoms with E-state index in [9.17, 15) is 0 Å². The van der Waals surface area contributed by atoms with Crippen molar-refractivity contribution in [2.45, 2.75) is 19.6 Å². The SMILES string of the molecule is [S-]c1ccccc1Sc1ccccc1[S-].[Sb][I]. The first-order valence-corrected chi connectivity index (χ1v) is 13.7. The molecule has 2 radical (unpaired) electrons. The molecule has 0 heterocycles. The van der Waals surface area contributed by atoms with Crippen molar-refractivity contribution in [1.29, 1.82) is 0 Å². The van der Waals surface area contributed by atoms with Crippen LogP contribution in [0.3, 0.4) is 0 Å². The molecule has 0 bridgehead atoms. The maximum atomic E-state index is 5.24. The van der Waals surface area contributed by atoms with E-state index in [1.165, 1.54) is 0 Å². The van der Waals surface area contributed by atoms with E-state index in [1.807, 2.05) is 48.5 Å². The van der Waals surface area contributed by atoms with Gasteiger partial charge in [0.05, 0.1) is 0 Å². The standard InChI is InChI=1S/C12H10S3.HI.Sb/c13-9-5-1-3-7-11(9)15-12-8-4-2-6-10(12)14;;/h1-8,13-14H;1H;/q;;+1/p-3. The molecule has 0 aromatic heterocycles. The molecule has 0 unspecified atom stereocenters. The van der Waals surface area contributed by atoms with Crippen LogP contribution >= 0.6 is 30.3 Å². The molecule has 0 saturated carbocycles. The Morgan fingerprint density at radius 1 is 0.765 bits per heavy atom. The third kappa shape index (κ3) is 5.11. The Morgan fingerprint density at radius 3 is 1.47 bits per heavy atom. The second-order valence-electron chi connectivity index (χ2n) is 3.00. The molecule has 0 N–H and O–H groups in total. The van der Waals surface area contributed by atoms with Crippen LogP contribution in [0.5, 0.6) is 0 Å². The molecule has 0 aliphatic carbocycles. The predicted molar refractivity (Wildman–Crippen MR) is 88.0 cm³/mol. The van der Waals surface area contributed by atoms with Gasteiger partial charge in [-0.05, 0) is 21.9 Å². The van der Waals surface area contributed by atoms with Gasteiger partial charge in [0.15, 0.2) is 0 Å². The maximum absolute atomic E-state index is 5.24. The minimum absolute atomic E-state index is 0.876. The van der Waals surface area contributed by atoms with Gasteiger partial charge in [0.1, 0.15) is 0 Å². The van der Waals surface area contributed by atoms with Crippen LogP contribution in [-0.4, -0.2) is 19.0 Å². The number of hydrogen-bond donors (Lipinski definition) is 0. The summed E-state index contributed by atoms with van der Waals surface area (Å²) in [5.41, 5.74) is 0. The fourth-order valence-electron chi connectivity index (χ4n) is 1.19. The predicted octanol–water partition coefficient (Wildman–Crippen LogP) is 4.15. The molecule has 0 saturated heterocycles. The zero-order valence-electron chi connectivity index (χ0n) is 8.67. The van der Waals surface area contributed by atoms with E-state index in [0.717, 1.165) is 19.6 Å². The van der Waals surface area contributed by atoms with Gasteiger partial charge in [0.25, 0.3) is 0 Å². The molecular weight excluding hydrogens is 489 g/mol. The summed E-state index contributed by atoms with van der Waals surface area (Å²) in [6.45, 7) is 0. The quantitative estimate of drug-likeness (QED) is 0.348. The Bertz CT molecular complexity index is 433. The summed E-state index contributed by atoms with van der Waals surface area (Å²) in [5.74, 6) is 0. The number of benzene rings is 2. The van der Waals surface area contributed by atoms with Crippen LogP contribution in [0.4, 0.5) is 0 Å². The fraction of sp³-hybridized carbons (Fsp3) is 0. The summed E-state index contributed by atoms with van der Waals surface area (Å²) >= 11 is 16.0. The number of halogens is 1. The van der Waals surface area contributed by atoms with Crippen molar-refractivity contribution in [2.75, 3.05) is 0 Å². The Labute approximate surface area is 141 Å². The van der Waals surface area contributed by atoms with Gasteiger partial charge < -0.3 is 25.3 Å². The summed E-state index contributed by atoms with van der Waals surface area (Å²) < 4.78 is 0. The summed E-state index contributed by atoms with van der Waals surface area (Å²) in [4.78, 5) is 3.93. The van der Waals surface area contributed by atoms with E-state index in [4.69, 9.17) is 25.3 Å². The summed E-state index contributed by atoms with van der Waals surface area (Å²) in [6, 6.07) is 15.8. The zero-order valence-corrected chi connectivity index (χ0v) is 15.8. The number of rotatable bonds is 2. The zero-order chi connectivity index (χ0) is 12.7. The first-order valence-electron chi connectivity index (χ1n) is 4.64. The molecule has 2 aromatic rings. The second-order valence-corrected chi connectivity index (χ2v) is 4.96. The molecule has 5 heteroatoms. The van der Waals surface area contributed by atoms with Crippen LogP contribution in [0.15, 0.2) is 68.1 Å². The van der Waals surface area contributed by atoms with Gasteiger partial charge >= 0.3 is 37.5 Å². The van der Waals surface area contributed by atoms with Crippen LogP contribution < -0.4 is 0 Å². The summed E-state index contributed by atoms with van der Waals surface area (Å²) in [7, 11) is 0. The van der Waals surface area contributed by atoms with Gasteiger partial charge in [-0.15, -0.1) is 0 Å². The van der Waals surface area contributed by atoms with Crippen molar-refractivity contribution in [3.8, 4) is 0 Å². The molecule has 88 valence electrons. The van der Waals surface area contributed by atoms with Crippen molar-refractivity contribution < 1.29 is 0 Å². The van der Waals surface area contributed by atoms with Crippen molar-refractivity contribution in [3.05, 3.63) is 48.5 Å². The topological polar surface area (TPSA) is 0 Å². The van der Waals surface area contributed by atoms with E-state index < -0.39 is 0 Å². The average molecular weight is 497 g/mol. The molecule has 0 spiro atoms. The molecule has 2 aromatic carbocycles. The van der Waals surface area contributed by atoms with E-state index in [1.54, 1.807) is 30.8 Å². The summed E-state index contributed by atoms with van der Waals surface area (Å²) in [6.07, 6.45) is 0. The minimum atomic E-state index is 0.876. The van der Waals surface area contributed by atoms with Gasteiger partial charge in [-0.25, -0.2) is 0 Å². The number of hydrogen-bond acceptors (Lipinski definition) is 3.